The lowest BCUT2D eigenvalue weighted by Gasteiger charge is -2.36. The number of ether oxygens (including phenoxy) is 1. The highest BCUT2D eigenvalue weighted by molar-refractivity contribution is 6.31. The first kappa shape index (κ1) is 39.4. The molecule has 1 aliphatic carbocycles. The molecule has 5 aliphatic rings. The first-order chi connectivity index (χ1) is 28.1. The Kier molecular flexibility index (Phi) is 11.7. The van der Waals surface area contributed by atoms with E-state index in [1.165, 1.54) is 0 Å². The zero-order valence-corrected chi connectivity index (χ0v) is 33.2. The second-order valence-electron chi connectivity index (χ2n) is 16.1. The fraction of sp³-hybridized carbons (Fsp3) is 0.455. The van der Waals surface area contributed by atoms with Crippen molar-refractivity contribution < 1.29 is 28.7 Å². The maximum atomic E-state index is 13.4. The van der Waals surface area contributed by atoms with E-state index < -0.39 is 29.7 Å². The van der Waals surface area contributed by atoms with Gasteiger partial charge in [-0.1, -0.05) is 11.6 Å². The summed E-state index contributed by atoms with van der Waals surface area (Å²) in [7, 11) is 0. The normalized spacial score (nSPS) is 23.2. The van der Waals surface area contributed by atoms with Gasteiger partial charge >= 0.3 is 0 Å². The largest absolute Gasteiger partial charge is 0.490 e. The third-order valence-electron chi connectivity index (χ3n) is 12.4. The average Bonchev–Trinajstić information content (AvgIpc) is 3.34. The Balaban J connectivity index is 0.765. The van der Waals surface area contributed by atoms with E-state index in [0.29, 0.717) is 38.9 Å². The summed E-state index contributed by atoms with van der Waals surface area (Å²) in [6.07, 6.45) is 6.76. The molecule has 8 rings (SSSR count). The highest BCUT2D eigenvalue weighted by Gasteiger charge is 2.45. The minimum atomic E-state index is -0.972. The number of halogens is 1. The number of carbonyl (C=O) groups is 5. The van der Waals surface area contributed by atoms with Crippen LogP contribution in [0.2, 0.25) is 5.02 Å². The first-order valence-corrected chi connectivity index (χ1v) is 20.9. The molecule has 1 saturated carbocycles. The van der Waals surface area contributed by atoms with Crippen molar-refractivity contribution in [3.05, 3.63) is 87.9 Å². The molecule has 13 nitrogen and oxygen atoms in total. The molecule has 5 amide bonds. The van der Waals surface area contributed by atoms with Gasteiger partial charge in [-0.15, -0.1) is 0 Å². The van der Waals surface area contributed by atoms with E-state index in [-0.39, 0.29) is 30.9 Å². The molecule has 4 aliphatic heterocycles. The van der Waals surface area contributed by atoms with E-state index in [4.69, 9.17) is 21.6 Å². The number of anilines is 2. The summed E-state index contributed by atoms with van der Waals surface area (Å²) in [6, 6.07) is 19.6. The topological polar surface area (TPSA) is 155 Å². The second kappa shape index (κ2) is 17.2. The minimum Gasteiger partial charge on any atom is -0.490 e. The van der Waals surface area contributed by atoms with Crippen molar-refractivity contribution >= 4 is 52.5 Å². The Morgan fingerprint density at radius 3 is 2.24 bits per heavy atom. The number of imide groups is 2. The van der Waals surface area contributed by atoms with Crippen molar-refractivity contribution in [2.45, 2.75) is 76.0 Å². The molecule has 0 spiro atoms. The number of benzene rings is 3. The van der Waals surface area contributed by atoms with Crippen LogP contribution in [0.1, 0.15) is 94.4 Å². The maximum absolute atomic E-state index is 13.4. The Bertz CT molecular complexity index is 2120. The van der Waals surface area contributed by atoms with Crippen LogP contribution in [-0.2, 0) is 9.59 Å². The molecule has 302 valence electrons. The Hall–Kier alpha value is -5.45. The van der Waals surface area contributed by atoms with Crippen molar-refractivity contribution in [3.63, 3.8) is 0 Å². The number of hydrogen-bond acceptors (Lipinski definition) is 10. The lowest BCUT2D eigenvalue weighted by molar-refractivity contribution is -0.136. The highest BCUT2D eigenvalue weighted by atomic mass is 35.5. The van der Waals surface area contributed by atoms with Gasteiger partial charge in [-0.3, -0.25) is 34.2 Å². The minimum absolute atomic E-state index is 0.0458. The van der Waals surface area contributed by atoms with Crippen LogP contribution in [0.15, 0.2) is 60.7 Å². The molecule has 1 atom stereocenters. The molecular weight excluding hydrogens is 758 g/mol. The lowest BCUT2D eigenvalue weighted by Crippen LogP contribution is -2.54. The van der Waals surface area contributed by atoms with Crippen LogP contribution in [0, 0.1) is 17.2 Å². The van der Waals surface area contributed by atoms with Crippen LogP contribution in [0.5, 0.6) is 5.75 Å². The van der Waals surface area contributed by atoms with Gasteiger partial charge in [0.15, 0.2) is 0 Å². The molecule has 58 heavy (non-hydrogen) atoms. The lowest BCUT2D eigenvalue weighted by atomic mass is 9.92. The van der Waals surface area contributed by atoms with E-state index >= 15 is 0 Å². The molecule has 4 heterocycles. The zero-order chi connectivity index (χ0) is 40.3. The molecule has 0 bridgehead atoms. The van der Waals surface area contributed by atoms with Gasteiger partial charge in [-0.2, -0.15) is 5.26 Å². The van der Waals surface area contributed by atoms with E-state index in [0.717, 1.165) is 107 Å². The van der Waals surface area contributed by atoms with Crippen LogP contribution >= 0.6 is 11.6 Å². The molecule has 0 radical (unpaired) electrons. The number of nitrogens with zero attached hydrogens (tertiary/aromatic N) is 5. The van der Waals surface area contributed by atoms with Crippen LogP contribution in [-0.4, -0.2) is 103 Å². The number of hydrogen-bond donors (Lipinski definition) is 2. The molecule has 4 fully saturated rings. The number of amides is 5. The van der Waals surface area contributed by atoms with Crippen molar-refractivity contribution in [2.75, 3.05) is 55.6 Å². The first-order valence-electron chi connectivity index (χ1n) is 20.5. The predicted molar refractivity (Wildman–Crippen MR) is 218 cm³/mol. The summed E-state index contributed by atoms with van der Waals surface area (Å²) in [5, 5.41) is 14.9. The fourth-order valence-corrected chi connectivity index (χ4v) is 9.29. The van der Waals surface area contributed by atoms with Gasteiger partial charge < -0.3 is 24.8 Å². The molecule has 2 N–H and O–H groups in total. The van der Waals surface area contributed by atoms with E-state index in [9.17, 15) is 24.0 Å². The number of carbonyl (C=O) groups excluding carboxylic acids is 5. The quantitative estimate of drug-likeness (QED) is 0.277. The number of nitrogens with one attached hydrogen (secondary N) is 2. The van der Waals surface area contributed by atoms with Gasteiger partial charge in [-0.05, 0) is 118 Å². The standard InChI is InChI=1S/C44H48ClN7O6/c45-38-25-35(10-4-30(38)26-46)58-34-11-5-31(6-12-34)47-41(54)29-2-7-32(8-3-29)51-20-16-28(17-21-51)27-49-18-1-19-50(23-22-49)33-9-13-36-37(24-33)44(57)52(43(36)56)39-14-15-40(53)48-42(39)55/h2-4,7-10,13,24-25,28,31,34,39H,1,5-6,11-12,14-23,27H2,(H,47,54)(H,48,53,55)/t31-,34-,39?. The number of nitriles is 1. The number of piperidine rings is 2. The van der Waals surface area contributed by atoms with Gasteiger partial charge in [0, 0.05) is 74.7 Å². The van der Waals surface area contributed by atoms with Gasteiger partial charge in [0.05, 0.1) is 27.8 Å². The van der Waals surface area contributed by atoms with Crippen molar-refractivity contribution in [3.8, 4) is 11.8 Å². The van der Waals surface area contributed by atoms with Crippen LogP contribution in [0.25, 0.3) is 0 Å². The predicted octanol–water partition coefficient (Wildman–Crippen LogP) is 5.16. The molecule has 3 aromatic rings. The Morgan fingerprint density at radius 1 is 0.793 bits per heavy atom. The van der Waals surface area contributed by atoms with E-state index in [2.05, 4.69) is 43.5 Å². The summed E-state index contributed by atoms with van der Waals surface area (Å²) in [5.74, 6) is -0.764. The molecular formula is C44H48ClN7O6. The summed E-state index contributed by atoms with van der Waals surface area (Å²) in [4.78, 5) is 72.0. The molecule has 14 heteroatoms. The smallest absolute Gasteiger partial charge is 0.262 e. The molecule has 3 aromatic carbocycles. The van der Waals surface area contributed by atoms with Crippen molar-refractivity contribution in [1.29, 1.82) is 5.26 Å². The zero-order valence-electron chi connectivity index (χ0n) is 32.5. The van der Waals surface area contributed by atoms with Gasteiger partial charge in [0.1, 0.15) is 17.9 Å². The van der Waals surface area contributed by atoms with E-state index in [1.54, 1.807) is 30.3 Å². The molecule has 0 aromatic heterocycles. The number of rotatable bonds is 9. The third-order valence-corrected chi connectivity index (χ3v) is 12.7. The van der Waals surface area contributed by atoms with E-state index in [1.807, 2.05) is 18.2 Å². The third kappa shape index (κ3) is 8.54. The summed E-state index contributed by atoms with van der Waals surface area (Å²) < 4.78 is 6.10. The SMILES string of the molecule is N#Cc1ccc(O[C@H]2CC[C@H](NC(=O)c3ccc(N4CCC(CN5CCCN(c6ccc7c(c6)C(=O)N(C6CCC(=O)NC6=O)C7=O)CC5)CC4)cc3)CC2)cc1Cl. The van der Waals surface area contributed by atoms with Gasteiger partial charge in [0.2, 0.25) is 11.8 Å². The summed E-state index contributed by atoms with van der Waals surface area (Å²) in [5.41, 5.74) is 3.73. The maximum Gasteiger partial charge on any atom is 0.262 e. The van der Waals surface area contributed by atoms with Crippen molar-refractivity contribution in [2.24, 2.45) is 5.92 Å². The Labute approximate surface area is 343 Å². The van der Waals surface area contributed by atoms with Crippen LogP contribution < -0.4 is 25.2 Å². The van der Waals surface area contributed by atoms with Gasteiger partial charge in [0.25, 0.3) is 17.7 Å². The number of fused-ring (bicyclic) bond motifs is 1. The highest BCUT2D eigenvalue weighted by Crippen LogP contribution is 2.32. The fourth-order valence-electron chi connectivity index (χ4n) is 9.08. The summed E-state index contributed by atoms with van der Waals surface area (Å²) in [6.45, 7) is 6.52. The van der Waals surface area contributed by atoms with Crippen molar-refractivity contribution in [1.82, 2.24) is 20.4 Å². The van der Waals surface area contributed by atoms with Crippen LogP contribution in [0.3, 0.4) is 0 Å². The average molecular weight is 806 g/mol. The molecule has 1 unspecified atom stereocenters. The molecule has 3 saturated heterocycles. The van der Waals surface area contributed by atoms with Crippen LogP contribution in [0.4, 0.5) is 11.4 Å². The Morgan fingerprint density at radius 2 is 1.52 bits per heavy atom. The van der Waals surface area contributed by atoms with Gasteiger partial charge in [-0.25, -0.2) is 0 Å². The monoisotopic (exact) mass is 805 g/mol. The second-order valence-corrected chi connectivity index (χ2v) is 16.5. The summed E-state index contributed by atoms with van der Waals surface area (Å²) >= 11 is 6.16.